The number of rotatable bonds is 3. The first-order chi connectivity index (χ1) is 9.72. The number of fused-ring (bicyclic) bond motifs is 1. The smallest absolute Gasteiger partial charge is 0.188 e. The van der Waals surface area contributed by atoms with Gasteiger partial charge in [0.25, 0.3) is 0 Å². The topological polar surface area (TPSA) is 31.4 Å². The molecule has 0 bridgehead atoms. The average molecular weight is 289 g/mol. The van der Waals surface area contributed by atoms with Gasteiger partial charge in [-0.15, -0.1) is 11.3 Å². The van der Waals surface area contributed by atoms with Gasteiger partial charge in [-0.2, -0.15) is 0 Å². The van der Waals surface area contributed by atoms with Crippen LogP contribution in [-0.2, 0) is 0 Å². The van der Waals surface area contributed by atoms with Gasteiger partial charge in [0.05, 0.1) is 18.9 Å². The van der Waals surface area contributed by atoms with E-state index in [9.17, 15) is 4.39 Å². The number of halogens is 1. The molecule has 0 fully saturated rings. The fourth-order valence-corrected chi connectivity index (χ4v) is 3.00. The Morgan fingerprint density at radius 2 is 1.75 bits per heavy atom. The Morgan fingerprint density at radius 3 is 2.40 bits per heavy atom. The van der Waals surface area contributed by atoms with E-state index in [4.69, 9.17) is 9.47 Å². The fraction of sp³-hybridized carbons (Fsp3) is 0.133. The van der Waals surface area contributed by atoms with Crippen LogP contribution in [0.3, 0.4) is 0 Å². The highest BCUT2D eigenvalue weighted by molar-refractivity contribution is 7.21. The predicted octanol–water partition coefficient (Wildman–Crippen LogP) is 4.12. The van der Waals surface area contributed by atoms with Crippen molar-refractivity contribution in [2.75, 3.05) is 14.2 Å². The molecule has 3 aromatic rings. The van der Waals surface area contributed by atoms with Gasteiger partial charge >= 0.3 is 0 Å². The Morgan fingerprint density at radius 1 is 1.00 bits per heavy atom. The summed E-state index contributed by atoms with van der Waals surface area (Å²) in [5.41, 5.74) is 1.64. The maximum absolute atomic E-state index is 13.0. The summed E-state index contributed by atoms with van der Waals surface area (Å²) in [7, 11) is 3.19. The second-order valence-electron chi connectivity index (χ2n) is 4.17. The average Bonchev–Trinajstić information content (AvgIpc) is 2.90. The number of aromatic nitrogens is 1. The van der Waals surface area contributed by atoms with Crippen LogP contribution in [0.1, 0.15) is 0 Å². The van der Waals surface area contributed by atoms with Crippen molar-refractivity contribution >= 4 is 21.6 Å². The van der Waals surface area contributed by atoms with Crippen molar-refractivity contribution in [2.24, 2.45) is 0 Å². The Balaban J connectivity index is 2.17. The van der Waals surface area contributed by atoms with Crippen LogP contribution >= 0.6 is 11.3 Å². The lowest BCUT2D eigenvalue weighted by molar-refractivity contribution is 0.358. The summed E-state index contributed by atoms with van der Waals surface area (Å²) in [6.07, 6.45) is 0. The first kappa shape index (κ1) is 12.9. The minimum absolute atomic E-state index is 0.255. The van der Waals surface area contributed by atoms with Gasteiger partial charge in [-0.25, -0.2) is 9.37 Å². The molecule has 5 heteroatoms. The third-order valence-corrected chi connectivity index (χ3v) is 4.06. The normalized spacial score (nSPS) is 10.8. The molecular weight excluding hydrogens is 277 g/mol. The maximum atomic E-state index is 13.0. The standard InChI is InChI=1S/C15H12FNO2S/c1-18-11-7-8-12-13(14(11)19-2)17-15(20-12)9-3-5-10(16)6-4-9/h3-8H,1-2H3. The number of hydrogen-bond acceptors (Lipinski definition) is 4. The molecule has 3 nitrogen and oxygen atoms in total. The minimum Gasteiger partial charge on any atom is -0.493 e. The summed E-state index contributed by atoms with van der Waals surface area (Å²) in [5.74, 6) is 1.01. The number of hydrogen-bond donors (Lipinski definition) is 0. The van der Waals surface area contributed by atoms with E-state index in [0.29, 0.717) is 11.5 Å². The zero-order valence-electron chi connectivity index (χ0n) is 11.0. The third kappa shape index (κ3) is 2.10. The van der Waals surface area contributed by atoms with Crippen molar-refractivity contribution < 1.29 is 13.9 Å². The quantitative estimate of drug-likeness (QED) is 0.727. The summed E-state index contributed by atoms with van der Waals surface area (Å²) in [6, 6.07) is 10.1. The number of thiazole rings is 1. The molecule has 0 aliphatic carbocycles. The highest BCUT2D eigenvalue weighted by atomic mass is 32.1. The highest BCUT2D eigenvalue weighted by Gasteiger charge is 2.14. The number of nitrogens with zero attached hydrogens (tertiary/aromatic N) is 1. The first-order valence-electron chi connectivity index (χ1n) is 6.00. The third-order valence-electron chi connectivity index (χ3n) is 2.99. The van der Waals surface area contributed by atoms with Crippen LogP contribution in [0.4, 0.5) is 4.39 Å². The van der Waals surface area contributed by atoms with Crippen LogP contribution < -0.4 is 9.47 Å². The van der Waals surface area contributed by atoms with Gasteiger partial charge in [-0.1, -0.05) is 0 Å². The molecular formula is C15H12FNO2S. The van der Waals surface area contributed by atoms with E-state index in [-0.39, 0.29) is 5.82 Å². The second-order valence-corrected chi connectivity index (χ2v) is 5.20. The molecule has 0 saturated heterocycles. The van der Waals surface area contributed by atoms with Gasteiger partial charge in [-0.3, -0.25) is 0 Å². The minimum atomic E-state index is -0.255. The van der Waals surface area contributed by atoms with Crippen LogP contribution in [-0.4, -0.2) is 19.2 Å². The molecule has 20 heavy (non-hydrogen) atoms. The van der Waals surface area contributed by atoms with E-state index < -0.39 is 0 Å². The molecule has 0 spiro atoms. The van der Waals surface area contributed by atoms with Crippen molar-refractivity contribution in [2.45, 2.75) is 0 Å². The van der Waals surface area contributed by atoms with Crippen LogP contribution in [0.2, 0.25) is 0 Å². The molecule has 0 N–H and O–H groups in total. The SMILES string of the molecule is COc1ccc2sc(-c3ccc(F)cc3)nc2c1OC. The van der Waals surface area contributed by atoms with E-state index >= 15 is 0 Å². The van der Waals surface area contributed by atoms with Crippen molar-refractivity contribution in [3.05, 3.63) is 42.2 Å². The van der Waals surface area contributed by atoms with Gasteiger partial charge in [0.1, 0.15) is 16.3 Å². The van der Waals surface area contributed by atoms with Crippen LogP contribution in [0.15, 0.2) is 36.4 Å². The van der Waals surface area contributed by atoms with Crippen molar-refractivity contribution in [1.29, 1.82) is 0 Å². The molecule has 0 atom stereocenters. The molecule has 0 unspecified atom stereocenters. The van der Waals surface area contributed by atoms with Crippen LogP contribution in [0, 0.1) is 5.82 Å². The van der Waals surface area contributed by atoms with Crippen molar-refractivity contribution in [3.63, 3.8) is 0 Å². The number of benzene rings is 2. The van der Waals surface area contributed by atoms with Gasteiger partial charge in [0, 0.05) is 5.56 Å². The number of ether oxygens (including phenoxy) is 2. The van der Waals surface area contributed by atoms with Crippen LogP contribution in [0.5, 0.6) is 11.5 Å². The van der Waals surface area contributed by atoms with E-state index in [1.807, 2.05) is 12.1 Å². The molecule has 0 saturated carbocycles. The lowest BCUT2D eigenvalue weighted by Gasteiger charge is -2.06. The predicted molar refractivity (Wildman–Crippen MR) is 78.1 cm³/mol. The van der Waals surface area contributed by atoms with Crippen molar-refractivity contribution in [3.8, 4) is 22.1 Å². The largest absolute Gasteiger partial charge is 0.493 e. The van der Waals surface area contributed by atoms with Crippen molar-refractivity contribution in [1.82, 2.24) is 4.98 Å². The summed E-state index contributed by atoms with van der Waals surface area (Å²) in [5, 5.41) is 0.826. The van der Waals surface area contributed by atoms with Gasteiger partial charge in [0.2, 0.25) is 0 Å². The lowest BCUT2D eigenvalue weighted by Crippen LogP contribution is -1.90. The first-order valence-corrected chi connectivity index (χ1v) is 6.82. The Labute approximate surface area is 119 Å². The lowest BCUT2D eigenvalue weighted by atomic mass is 10.2. The van der Waals surface area contributed by atoms with Gasteiger partial charge in [0.15, 0.2) is 11.5 Å². The van der Waals surface area contributed by atoms with Gasteiger partial charge in [-0.05, 0) is 36.4 Å². The summed E-state index contributed by atoms with van der Waals surface area (Å²) >= 11 is 1.54. The molecule has 0 aliphatic heterocycles. The monoisotopic (exact) mass is 289 g/mol. The zero-order valence-corrected chi connectivity index (χ0v) is 11.8. The molecule has 1 heterocycles. The summed E-state index contributed by atoms with van der Waals surface area (Å²) in [4.78, 5) is 4.58. The van der Waals surface area contributed by atoms with E-state index in [1.165, 1.54) is 23.5 Å². The summed E-state index contributed by atoms with van der Waals surface area (Å²) < 4.78 is 24.6. The molecule has 0 amide bonds. The van der Waals surface area contributed by atoms with E-state index in [2.05, 4.69) is 4.98 Å². The second kappa shape index (κ2) is 5.09. The van der Waals surface area contributed by atoms with E-state index in [0.717, 1.165) is 20.8 Å². The molecule has 2 aromatic carbocycles. The molecule has 0 radical (unpaired) electrons. The Bertz CT molecular complexity index is 752. The number of methoxy groups -OCH3 is 2. The zero-order chi connectivity index (χ0) is 14.1. The Kier molecular flexibility index (Phi) is 3.28. The molecule has 3 rings (SSSR count). The maximum Gasteiger partial charge on any atom is 0.188 e. The molecule has 1 aromatic heterocycles. The van der Waals surface area contributed by atoms with Crippen LogP contribution in [0.25, 0.3) is 20.8 Å². The van der Waals surface area contributed by atoms with E-state index in [1.54, 1.807) is 26.4 Å². The summed E-state index contributed by atoms with van der Waals surface area (Å²) in [6.45, 7) is 0. The van der Waals surface area contributed by atoms with Gasteiger partial charge < -0.3 is 9.47 Å². The molecule has 102 valence electrons. The fourth-order valence-electron chi connectivity index (χ4n) is 2.03. The highest BCUT2D eigenvalue weighted by Crippen LogP contribution is 2.39. The molecule has 0 aliphatic rings. The Hall–Kier alpha value is -2.14.